The van der Waals surface area contributed by atoms with Gasteiger partial charge in [-0.2, -0.15) is 0 Å². The van der Waals surface area contributed by atoms with Gasteiger partial charge in [-0.15, -0.1) is 0 Å². The Labute approximate surface area is 84.0 Å². The van der Waals surface area contributed by atoms with E-state index in [4.69, 9.17) is 19.3 Å². The minimum absolute atomic E-state index is 0.162. The van der Waals surface area contributed by atoms with Gasteiger partial charge in [-0.1, -0.05) is 0 Å². The Hall–Kier alpha value is -0.230. The Bertz CT molecular complexity index is 123. The summed E-state index contributed by atoms with van der Waals surface area (Å²) >= 11 is 0. The van der Waals surface area contributed by atoms with Gasteiger partial charge in [0.25, 0.3) is 0 Å². The predicted molar refractivity (Wildman–Crippen MR) is 49.5 cm³/mol. The van der Waals surface area contributed by atoms with Gasteiger partial charge in [-0.25, -0.2) is 4.39 Å². The van der Waals surface area contributed by atoms with Crippen molar-refractivity contribution in [1.29, 1.82) is 0 Å². The molecule has 85 valence electrons. The molecule has 0 amide bonds. The molecule has 0 bridgehead atoms. The first-order valence-corrected chi connectivity index (χ1v) is 4.55. The first-order valence-electron chi connectivity index (χ1n) is 4.55. The topological polar surface area (TPSA) is 47.9 Å². The van der Waals surface area contributed by atoms with Crippen LogP contribution < -0.4 is 0 Å². The van der Waals surface area contributed by atoms with Crippen molar-refractivity contribution in [2.45, 2.75) is 19.3 Å². The molecular weight excluding hydrogens is 191 g/mol. The van der Waals surface area contributed by atoms with Crippen LogP contribution in [0.1, 0.15) is 6.92 Å². The summed E-state index contributed by atoms with van der Waals surface area (Å²) in [5.74, 6) is 0. The highest BCUT2D eigenvalue weighted by atomic mass is 19.1. The number of hydrogen-bond donors (Lipinski definition) is 1. The van der Waals surface area contributed by atoms with Crippen LogP contribution in [0.2, 0.25) is 0 Å². The Morgan fingerprint density at radius 1 is 1.36 bits per heavy atom. The van der Waals surface area contributed by atoms with Gasteiger partial charge in [0.1, 0.15) is 6.67 Å². The van der Waals surface area contributed by atoms with Crippen molar-refractivity contribution in [3.05, 3.63) is 6.92 Å². The standard InChI is InChI=1S/C9H18FO4/c1-3-12-4-5-13-8(2)7-14-9(11)6-10/h8-9,11H,1,3-7H2,2H3. The normalized spacial score (nSPS) is 15.4. The van der Waals surface area contributed by atoms with Crippen LogP contribution in [0.4, 0.5) is 4.39 Å². The third-order valence-electron chi connectivity index (χ3n) is 1.43. The molecule has 1 N–H and O–H groups in total. The summed E-state index contributed by atoms with van der Waals surface area (Å²) in [5, 5.41) is 8.73. The Balaban J connectivity index is 3.23. The van der Waals surface area contributed by atoms with E-state index >= 15 is 0 Å². The number of hydrogen-bond acceptors (Lipinski definition) is 4. The summed E-state index contributed by atoms with van der Waals surface area (Å²) in [5.41, 5.74) is 0. The van der Waals surface area contributed by atoms with Gasteiger partial charge in [0, 0.05) is 6.61 Å². The zero-order valence-corrected chi connectivity index (χ0v) is 8.45. The van der Waals surface area contributed by atoms with Gasteiger partial charge >= 0.3 is 0 Å². The van der Waals surface area contributed by atoms with Crippen LogP contribution >= 0.6 is 0 Å². The third kappa shape index (κ3) is 8.37. The SMILES string of the molecule is [CH2]COCCOC(C)COC(O)CF. The van der Waals surface area contributed by atoms with E-state index in [0.29, 0.717) is 19.8 Å². The monoisotopic (exact) mass is 209 g/mol. The van der Waals surface area contributed by atoms with E-state index in [1.165, 1.54) is 0 Å². The minimum Gasteiger partial charge on any atom is -0.379 e. The summed E-state index contributed by atoms with van der Waals surface area (Å²) in [6, 6.07) is 0. The molecule has 0 aromatic heterocycles. The Morgan fingerprint density at radius 2 is 2.07 bits per heavy atom. The van der Waals surface area contributed by atoms with Gasteiger partial charge in [0.15, 0.2) is 6.29 Å². The maximum atomic E-state index is 11.7. The van der Waals surface area contributed by atoms with E-state index in [0.717, 1.165) is 0 Å². The van der Waals surface area contributed by atoms with Crippen LogP contribution in [0.3, 0.4) is 0 Å². The van der Waals surface area contributed by atoms with Crippen molar-refractivity contribution in [2.24, 2.45) is 0 Å². The highest BCUT2D eigenvalue weighted by Gasteiger charge is 2.07. The minimum atomic E-state index is -1.35. The average Bonchev–Trinajstić information content (AvgIpc) is 2.21. The van der Waals surface area contributed by atoms with E-state index in [9.17, 15) is 4.39 Å². The molecule has 4 nitrogen and oxygen atoms in total. The number of halogens is 1. The molecule has 0 saturated carbocycles. The summed E-state index contributed by atoms with van der Waals surface area (Å²) in [7, 11) is 0. The molecule has 0 heterocycles. The molecule has 0 aromatic carbocycles. The molecule has 0 spiro atoms. The number of rotatable bonds is 9. The van der Waals surface area contributed by atoms with Crippen molar-refractivity contribution in [3.8, 4) is 0 Å². The highest BCUT2D eigenvalue weighted by molar-refractivity contribution is 4.48. The first kappa shape index (κ1) is 13.8. The van der Waals surface area contributed by atoms with Gasteiger partial charge < -0.3 is 19.3 Å². The molecule has 0 aliphatic heterocycles. The lowest BCUT2D eigenvalue weighted by Gasteiger charge is -2.15. The fraction of sp³-hybridized carbons (Fsp3) is 0.889. The molecular formula is C9H18FO4. The van der Waals surface area contributed by atoms with Crippen LogP contribution in [0, 0.1) is 6.92 Å². The maximum absolute atomic E-state index is 11.7. The Kier molecular flexibility index (Phi) is 9.18. The molecule has 0 aliphatic rings. The molecule has 0 aliphatic carbocycles. The molecule has 5 heteroatoms. The molecule has 14 heavy (non-hydrogen) atoms. The molecule has 2 unspecified atom stereocenters. The molecule has 0 fully saturated rings. The summed E-state index contributed by atoms with van der Waals surface area (Å²) < 4.78 is 26.6. The van der Waals surface area contributed by atoms with Crippen LogP contribution in [0.5, 0.6) is 0 Å². The van der Waals surface area contributed by atoms with Crippen LogP contribution in [-0.2, 0) is 14.2 Å². The third-order valence-corrected chi connectivity index (χ3v) is 1.43. The number of aliphatic hydroxyl groups is 1. The highest BCUT2D eigenvalue weighted by Crippen LogP contribution is 1.95. The van der Waals surface area contributed by atoms with Crippen molar-refractivity contribution in [2.75, 3.05) is 33.1 Å². The fourth-order valence-electron chi connectivity index (χ4n) is 0.750. The second kappa shape index (κ2) is 9.33. The zero-order valence-electron chi connectivity index (χ0n) is 8.45. The quantitative estimate of drug-likeness (QED) is 0.445. The summed E-state index contributed by atoms with van der Waals surface area (Å²) in [6.07, 6.45) is -1.54. The van der Waals surface area contributed by atoms with E-state index in [1.54, 1.807) is 6.92 Å². The summed E-state index contributed by atoms with van der Waals surface area (Å²) in [4.78, 5) is 0. The van der Waals surface area contributed by atoms with Gasteiger partial charge in [-0.05, 0) is 13.8 Å². The lowest BCUT2D eigenvalue weighted by atomic mass is 10.4. The Morgan fingerprint density at radius 3 is 2.64 bits per heavy atom. The van der Waals surface area contributed by atoms with E-state index in [-0.39, 0.29) is 12.7 Å². The van der Waals surface area contributed by atoms with Crippen molar-refractivity contribution in [3.63, 3.8) is 0 Å². The largest absolute Gasteiger partial charge is 0.379 e. The van der Waals surface area contributed by atoms with Gasteiger partial charge in [0.05, 0.1) is 25.9 Å². The number of ether oxygens (including phenoxy) is 3. The van der Waals surface area contributed by atoms with E-state index < -0.39 is 13.0 Å². The van der Waals surface area contributed by atoms with Crippen LogP contribution in [-0.4, -0.2) is 50.6 Å². The van der Waals surface area contributed by atoms with Crippen LogP contribution in [0.25, 0.3) is 0 Å². The van der Waals surface area contributed by atoms with E-state index in [2.05, 4.69) is 6.92 Å². The zero-order chi connectivity index (χ0) is 10.8. The summed E-state index contributed by atoms with van der Waals surface area (Å²) in [6.45, 7) is 5.84. The predicted octanol–water partition coefficient (Wildman–Crippen LogP) is 0.547. The molecule has 1 radical (unpaired) electrons. The first-order chi connectivity index (χ1) is 6.70. The van der Waals surface area contributed by atoms with Gasteiger partial charge in [-0.3, -0.25) is 0 Å². The molecule has 0 aromatic rings. The lowest BCUT2D eigenvalue weighted by molar-refractivity contribution is -0.137. The maximum Gasteiger partial charge on any atom is 0.183 e. The van der Waals surface area contributed by atoms with E-state index in [1.807, 2.05) is 0 Å². The number of alkyl halides is 1. The average molecular weight is 209 g/mol. The second-order valence-electron chi connectivity index (χ2n) is 2.74. The smallest absolute Gasteiger partial charge is 0.183 e. The van der Waals surface area contributed by atoms with Crippen LogP contribution in [0.15, 0.2) is 0 Å². The fourth-order valence-corrected chi connectivity index (χ4v) is 0.750. The number of aliphatic hydroxyl groups excluding tert-OH is 1. The molecule has 0 rings (SSSR count). The van der Waals surface area contributed by atoms with Crippen molar-refractivity contribution in [1.82, 2.24) is 0 Å². The van der Waals surface area contributed by atoms with Gasteiger partial charge in [0.2, 0.25) is 0 Å². The lowest BCUT2D eigenvalue weighted by Crippen LogP contribution is -2.24. The second-order valence-corrected chi connectivity index (χ2v) is 2.74. The van der Waals surface area contributed by atoms with Crippen molar-refractivity contribution >= 4 is 0 Å². The molecule has 2 atom stereocenters. The molecule has 0 saturated heterocycles. The van der Waals surface area contributed by atoms with Crippen molar-refractivity contribution < 1.29 is 23.7 Å².